The normalized spacial score (nSPS) is 12.8. The molecule has 0 aromatic carbocycles. The van der Waals surface area contributed by atoms with Crippen LogP contribution in [-0.4, -0.2) is 33.4 Å². The summed E-state index contributed by atoms with van der Waals surface area (Å²) < 4.78 is 1.64. The molecule has 0 aliphatic heterocycles. The minimum atomic E-state index is -0.934. The Morgan fingerprint density at radius 1 is 1.65 bits per heavy atom. The number of nitrogens with one attached hydrogen (secondary N) is 1. The highest BCUT2D eigenvalue weighted by molar-refractivity contribution is 6.30. The molecule has 1 aromatic heterocycles. The van der Waals surface area contributed by atoms with E-state index in [1.807, 2.05) is 13.8 Å². The van der Waals surface area contributed by atoms with Gasteiger partial charge in [-0.3, -0.25) is 9.48 Å². The highest BCUT2D eigenvalue weighted by atomic mass is 35.5. The van der Waals surface area contributed by atoms with Crippen LogP contribution in [0, 0.1) is 5.92 Å². The van der Waals surface area contributed by atoms with Gasteiger partial charge in [0.05, 0.1) is 17.8 Å². The average Bonchev–Trinajstić information content (AvgIpc) is 2.63. The summed E-state index contributed by atoms with van der Waals surface area (Å²) in [6.45, 7) is 4.88. The monoisotopic (exact) mass is 259 g/mol. The first-order valence-corrected chi connectivity index (χ1v) is 6.00. The Morgan fingerprint density at radius 3 is 2.88 bits per heavy atom. The first-order valence-electron chi connectivity index (χ1n) is 5.62. The summed E-state index contributed by atoms with van der Waals surface area (Å²) in [5.41, 5.74) is 0. The zero-order valence-electron chi connectivity index (χ0n) is 10.1. The van der Waals surface area contributed by atoms with E-state index in [1.165, 1.54) is 6.20 Å². The molecular formula is C11H18ClN3O2. The number of nitrogens with zero attached hydrogens (tertiary/aromatic N) is 2. The summed E-state index contributed by atoms with van der Waals surface area (Å²) in [4.78, 5) is 11.5. The van der Waals surface area contributed by atoms with Crippen LogP contribution in [0.25, 0.3) is 0 Å². The molecule has 0 radical (unpaired) electrons. The second-order valence-electron chi connectivity index (χ2n) is 4.36. The lowest BCUT2D eigenvalue weighted by Crippen LogP contribution is -2.37. The highest BCUT2D eigenvalue weighted by Gasteiger charge is 2.15. The molecule has 0 unspecified atom stereocenters. The van der Waals surface area contributed by atoms with Gasteiger partial charge in [-0.2, -0.15) is 5.10 Å². The Balaban J connectivity index is 2.24. The van der Waals surface area contributed by atoms with Gasteiger partial charge in [-0.25, -0.2) is 0 Å². The number of aromatic nitrogens is 2. The second kappa shape index (κ2) is 6.61. The van der Waals surface area contributed by atoms with Crippen LogP contribution >= 0.6 is 11.6 Å². The molecule has 0 aliphatic rings. The summed E-state index contributed by atoms with van der Waals surface area (Å²) in [6.07, 6.45) is 2.76. The average molecular weight is 260 g/mol. The first kappa shape index (κ1) is 14.0. The Bertz CT molecular complexity index is 365. The molecule has 1 heterocycles. The minimum absolute atomic E-state index is 0.292. The van der Waals surface area contributed by atoms with E-state index in [2.05, 4.69) is 10.4 Å². The summed E-state index contributed by atoms with van der Waals surface area (Å²) in [5.74, 6) is -0.0439. The van der Waals surface area contributed by atoms with Crippen molar-refractivity contribution < 1.29 is 9.90 Å². The SMILES string of the molecule is CC(C)C[C@H](O)C(=O)NCCn1cc(Cl)cn1. The van der Waals surface area contributed by atoms with E-state index in [-0.39, 0.29) is 5.91 Å². The predicted molar refractivity (Wildman–Crippen MR) is 65.7 cm³/mol. The highest BCUT2D eigenvalue weighted by Crippen LogP contribution is 2.05. The van der Waals surface area contributed by atoms with Crippen molar-refractivity contribution in [3.05, 3.63) is 17.4 Å². The lowest BCUT2D eigenvalue weighted by Gasteiger charge is -2.13. The molecule has 17 heavy (non-hydrogen) atoms. The Morgan fingerprint density at radius 2 is 2.35 bits per heavy atom. The van der Waals surface area contributed by atoms with Crippen LogP contribution in [0.5, 0.6) is 0 Å². The predicted octanol–water partition coefficient (Wildman–Crippen LogP) is 1.06. The van der Waals surface area contributed by atoms with E-state index in [4.69, 9.17) is 11.6 Å². The molecule has 1 rings (SSSR count). The van der Waals surface area contributed by atoms with E-state index in [1.54, 1.807) is 10.9 Å². The van der Waals surface area contributed by atoms with Gasteiger partial charge in [0.15, 0.2) is 0 Å². The maximum atomic E-state index is 11.5. The van der Waals surface area contributed by atoms with Crippen molar-refractivity contribution in [1.29, 1.82) is 0 Å². The number of hydrogen-bond donors (Lipinski definition) is 2. The van der Waals surface area contributed by atoms with Gasteiger partial charge in [0.2, 0.25) is 5.91 Å². The van der Waals surface area contributed by atoms with Crippen molar-refractivity contribution in [1.82, 2.24) is 15.1 Å². The van der Waals surface area contributed by atoms with Gasteiger partial charge in [-0.15, -0.1) is 0 Å². The van der Waals surface area contributed by atoms with Gasteiger partial charge in [0, 0.05) is 12.7 Å². The van der Waals surface area contributed by atoms with Crippen molar-refractivity contribution in [2.75, 3.05) is 6.54 Å². The topological polar surface area (TPSA) is 67.2 Å². The van der Waals surface area contributed by atoms with Crippen molar-refractivity contribution in [2.24, 2.45) is 5.92 Å². The maximum Gasteiger partial charge on any atom is 0.248 e. The molecule has 96 valence electrons. The number of rotatable bonds is 6. The third kappa shape index (κ3) is 5.19. The van der Waals surface area contributed by atoms with Crippen LogP contribution in [0.3, 0.4) is 0 Å². The molecule has 0 spiro atoms. The number of carbonyl (C=O) groups excluding carboxylic acids is 1. The number of aliphatic hydroxyl groups is 1. The molecule has 6 heteroatoms. The van der Waals surface area contributed by atoms with E-state index >= 15 is 0 Å². The smallest absolute Gasteiger partial charge is 0.248 e. The summed E-state index contributed by atoms with van der Waals surface area (Å²) in [7, 11) is 0. The molecule has 0 saturated heterocycles. The van der Waals surface area contributed by atoms with E-state index in [9.17, 15) is 9.90 Å². The Labute approximate surface area is 106 Å². The lowest BCUT2D eigenvalue weighted by molar-refractivity contribution is -0.130. The molecular weight excluding hydrogens is 242 g/mol. The van der Waals surface area contributed by atoms with Gasteiger partial charge in [0.1, 0.15) is 6.10 Å². The first-order chi connectivity index (χ1) is 7.99. The van der Waals surface area contributed by atoms with Gasteiger partial charge < -0.3 is 10.4 Å². The number of halogens is 1. The molecule has 0 aliphatic carbocycles. The second-order valence-corrected chi connectivity index (χ2v) is 4.79. The largest absolute Gasteiger partial charge is 0.383 e. The molecule has 1 aromatic rings. The number of carbonyl (C=O) groups is 1. The van der Waals surface area contributed by atoms with Crippen LogP contribution < -0.4 is 5.32 Å². The fourth-order valence-corrected chi connectivity index (χ4v) is 1.58. The summed E-state index contributed by atoms with van der Waals surface area (Å²) in [5, 5.41) is 16.7. The van der Waals surface area contributed by atoms with Gasteiger partial charge >= 0.3 is 0 Å². The van der Waals surface area contributed by atoms with E-state index in [0.717, 1.165) is 0 Å². The number of amides is 1. The zero-order chi connectivity index (χ0) is 12.8. The van der Waals surface area contributed by atoms with Crippen LogP contribution in [0.15, 0.2) is 12.4 Å². The van der Waals surface area contributed by atoms with E-state index < -0.39 is 6.10 Å². The zero-order valence-corrected chi connectivity index (χ0v) is 10.8. The Hall–Kier alpha value is -1.07. The molecule has 1 atom stereocenters. The maximum absolute atomic E-state index is 11.5. The number of aliphatic hydroxyl groups excluding tert-OH is 1. The summed E-state index contributed by atoms with van der Waals surface area (Å²) in [6, 6.07) is 0. The van der Waals surface area contributed by atoms with Gasteiger partial charge in [-0.1, -0.05) is 25.4 Å². The van der Waals surface area contributed by atoms with Crippen LogP contribution in [-0.2, 0) is 11.3 Å². The molecule has 1 amide bonds. The quantitative estimate of drug-likeness (QED) is 0.803. The minimum Gasteiger partial charge on any atom is -0.383 e. The van der Waals surface area contributed by atoms with Crippen molar-refractivity contribution in [3.8, 4) is 0 Å². The fourth-order valence-electron chi connectivity index (χ4n) is 1.43. The van der Waals surface area contributed by atoms with Crippen LogP contribution in [0.2, 0.25) is 5.02 Å². The van der Waals surface area contributed by atoms with Crippen LogP contribution in [0.4, 0.5) is 0 Å². The van der Waals surface area contributed by atoms with Gasteiger partial charge in [-0.05, 0) is 12.3 Å². The molecule has 5 nitrogen and oxygen atoms in total. The fraction of sp³-hybridized carbons (Fsp3) is 0.636. The standard InChI is InChI=1S/C11H18ClN3O2/c1-8(2)5-10(16)11(17)13-3-4-15-7-9(12)6-14-15/h6-8,10,16H,3-5H2,1-2H3,(H,13,17)/t10-/m0/s1. The Kier molecular flexibility index (Phi) is 5.44. The molecule has 0 bridgehead atoms. The molecule has 0 saturated carbocycles. The van der Waals surface area contributed by atoms with E-state index in [0.29, 0.717) is 30.5 Å². The summed E-state index contributed by atoms with van der Waals surface area (Å²) >= 11 is 5.70. The van der Waals surface area contributed by atoms with Crippen molar-refractivity contribution in [3.63, 3.8) is 0 Å². The van der Waals surface area contributed by atoms with Crippen molar-refractivity contribution in [2.45, 2.75) is 32.9 Å². The van der Waals surface area contributed by atoms with Crippen LogP contribution in [0.1, 0.15) is 20.3 Å². The van der Waals surface area contributed by atoms with Crippen molar-refractivity contribution >= 4 is 17.5 Å². The lowest BCUT2D eigenvalue weighted by atomic mass is 10.1. The molecule has 2 N–H and O–H groups in total. The van der Waals surface area contributed by atoms with Gasteiger partial charge in [0.25, 0.3) is 0 Å². The number of hydrogen-bond acceptors (Lipinski definition) is 3. The third-order valence-corrected chi connectivity index (χ3v) is 2.43. The molecule has 0 fully saturated rings. The third-order valence-electron chi connectivity index (χ3n) is 2.24.